The molecule has 0 amide bonds. The van der Waals surface area contributed by atoms with Crippen molar-refractivity contribution in [2.24, 2.45) is 10.9 Å². The number of Topliss-reactive ketones (excluding diaryl/α,β-unsaturated/α-hetero) is 2. The summed E-state index contributed by atoms with van der Waals surface area (Å²) in [6.45, 7) is 1.42. The van der Waals surface area contributed by atoms with Crippen LogP contribution in [0.3, 0.4) is 0 Å². The van der Waals surface area contributed by atoms with Crippen molar-refractivity contribution >= 4 is 34.1 Å². The molecule has 2 rings (SSSR count). The molecule has 94 valence electrons. The lowest BCUT2D eigenvalue weighted by Crippen LogP contribution is -2.31. The standard InChI is InChI=1S/C13H13NO3S/c1-7(15)11-12(16)9-6-8(17-2)4-5-10(9)14-13(11)18-3/h4-6,11H,1-3H3. The molecule has 0 saturated carbocycles. The van der Waals surface area contributed by atoms with E-state index >= 15 is 0 Å². The first-order valence-electron chi connectivity index (χ1n) is 5.43. The highest BCUT2D eigenvalue weighted by Gasteiger charge is 2.34. The quantitative estimate of drug-likeness (QED) is 0.769. The zero-order valence-corrected chi connectivity index (χ0v) is 11.2. The van der Waals surface area contributed by atoms with Crippen LogP contribution in [0.2, 0.25) is 0 Å². The number of carbonyl (C=O) groups is 2. The normalized spacial score (nSPS) is 18.1. The highest BCUT2D eigenvalue weighted by atomic mass is 32.2. The second-order valence-electron chi connectivity index (χ2n) is 3.95. The summed E-state index contributed by atoms with van der Waals surface area (Å²) >= 11 is 1.34. The van der Waals surface area contributed by atoms with Gasteiger partial charge in [-0.1, -0.05) is 0 Å². The zero-order chi connectivity index (χ0) is 13.3. The van der Waals surface area contributed by atoms with Gasteiger partial charge < -0.3 is 4.74 Å². The third-order valence-corrected chi connectivity index (χ3v) is 3.57. The molecule has 1 aliphatic rings. The van der Waals surface area contributed by atoms with Gasteiger partial charge in [0.25, 0.3) is 0 Å². The summed E-state index contributed by atoms with van der Waals surface area (Å²) in [5.74, 6) is -0.552. The van der Waals surface area contributed by atoms with Crippen LogP contribution in [0.4, 0.5) is 5.69 Å². The zero-order valence-electron chi connectivity index (χ0n) is 10.4. The minimum Gasteiger partial charge on any atom is -0.497 e. The van der Waals surface area contributed by atoms with Crippen LogP contribution < -0.4 is 4.74 Å². The molecule has 1 unspecified atom stereocenters. The van der Waals surface area contributed by atoms with Crippen LogP contribution in [0.1, 0.15) is 17.3 Å². The number of ether oxygens (including phenoxy) is 1. The Bertz CT molecular complexity index is 551. The van der Waals surface area contributed by atoms with E-state index in [4.69, 9.17) is 4.74 Å². The second kappa shape index (κ2) is 4.94. The van der Waals surface area contributed by atoms with Crippen LogP contribution in [0.25, 0.3) is 0 Å². The van der Waals surface area contributed by atoms with Gasteiger partial charge in [-0.15, -0.1) is 11.8 Å². The molecule has 0 spiro atoms. The van der Waals surface area contributed by atoms with Crippen LogP contribution in [0.5, 0.6) is 5.75 Å². The molecule has 1 aromatic rings. The van der Waals surface area contributed by atoms with E-state index in [0.717, 1.165) is 0 Å². The highest BCUT2D eigenvalue weighted by Crippen LogP contribution is 2.34. The minimum atomic E-state index is -0.764. The van der Waals surface area contributed by atoms with Gasteiger partial charge in [-0.05, 0) is 31.4 Å². The molecule has 0 aromatic heterocycles. The van der Waals surface area contributed by atoms with Gasteiger partial charge in [-0.25, -0.2) is 4.99 Å². The molecule has 5 heteroatoms. The van der Waals surface area contributed by atoms with Crippen LogP contribution in [0, 0.1) is 5.92 Å². The number of fused-ring (bicyclic) bond motifs is 1. The lowest BCUT2D eigenvalue weighted by Gasteiger charge is -2.20. The number of thioether (sulfide) groups is 1. The summed E-state index contributed by atoms with van der Waals surface area (Å²) < 4.78 is 5.09. The molecule has 0 radical (unpaired) electrons. The monoisotopic (exact) mass is 263 g/mol. The van der Waals surface area contributed by atoms with Gasteiger partial charge in [0.05, 0.1) is 17.8 Å². The van der Waals surface area contributed by atoms with Crippen molar-refractivity contribution in [2.45, 2.75) is 6.92 Å². The largest absolute Gasteiger partial charge is 0.497 e. The van der Waals surface area contributed by atoms with Gasteiger partial charge in [0.2, 0.25) is 0 Å². The van der Waals surface area contributed by atoms with Crippen molar-refractivity contribution in [1.29, 1.82) is 0 Å². The first-order chi connectivity index (χ1) is 8.58. The van der Waals surface area contributed by atoms with Gasteiger partial charge in [0.1, 0.15) is 17.5 Å². The summed E-state index contributed by atoms with van der Waals surface area (Å²) in [5, 5.41) is 0.560. The van der Waals surface area contributed by atoms with E-state index in [1.165, 1.54) is 25.8 Å². The molecule has 0 aliphatic carbocycles. The average Bonchev–Trinajstić information content (AvgIpc) is 2.37. The summed E-state index contributed by atoms with van der Waals surface area (Å²) in [6.07, 6.45) is 1.82. The molecule has 1 aliphatic heterocycles. The predicted octanol–water partition coefficient (Wildman–Crippen LogP) is 2.49. The molecule has 0 saturated heterocycles. The Kier molecular flexibility index (Phi) is 3.52. The number of rotatable bonds is 2. The van der Waals surface area contributed by atoms with Crippen LogP contribution in [-0.2, 0) is 4.79 Å². The number of benzene rings is 1. The van der Waals surface area contributed by atoms with Crippen LogP contribution >= 0.6 is 11.8 Å². The minimum absolute atomic E-state index is 0.179. The van der Waals surface area contributed by atoms with Crippen LogP contribution in [-0.4, -0.2) is 30.0 Å². The topological polar surface area (TPSA) is 55.7 Å². The Labute approximate surface area is 109 Å². The molecular weight excluding hydrogens is 250 g/mol. The molecule has 18 heavy (non-hydrogen) atoms. The fraction of sp³-hybridized carbons (Fsp3) is 0.308. The van der Waals surface area contributed by atoms with E-state index in [2.05, 4.69) is 4.99 Å². The van der Waals surface area contributed by atoms with Crippen LogP contribution in [0.15, 0.2) is 23.2 Å². The summed E-state index contributed by atoms with van der Waals surface area (Å²) in [4.78, 5) is 28.3. The summed E-state index contributed by atoms with van der Waals surface area (Å²) in [7, 11) is 1.54. The Balaban J connectivity index is 2.58. The van der Waals surface area contributed by atoms with Gasteiger partial charge in [-0.3, -0.25) is 9.59 Å². The van der Waals surface area contributed by atoms with Crippen molar-refractivity contribution in [3.63, 3.8) is 0 Å². The Morgan fingerprint density at radius 3 is 2.72 bits per heavy atom. The number of ketones is 2. The van der Waals surface area contributed by atoms with Crippen molar-refractivity contribution in [3.05, 3.63) is 23.8 Å². The SMILES string of the molecule is COc1ccc2c(c1)C(=O)C(C(C)=O)C(SC)=N2. The fourth-order valence-corrected chi connectivity index (χ4v) is 2.61. The van der Waals surface area contributed by atoms with E-state index in [-0.39, 0.29) is 11.6 Å². The lowest BCUT2D eigenvalue weighted by molar-refractivity contribution is -0.117. The van der Waals surface area contributed by atoms with Crippen molar-refractivity contribution in [1.82, 2.24) is 0 Å². The Morgan fingerprint density at radius 2 is 2.17 bits per heavy atom. The average molecular weight is 263 g/mol. The first kappa shape index (κ1) is 12.8. The van der Waals surface area contributed by atoms with Crippen molar-refractivity contribution < 1.29 is 14.3 Å². The maximum absolute atomic E-state index is 12.3. The van der Waals surface area contributed by atoms with Gasteiger partial charge >= 0.3 is 0 Å². The molecule has 0 N–H and O–H groups in total. The molecule has 0 fully saturated rings. The second-order valence-corrected chi connectivity index (χ2v) is 4.77. The molecule has 4 nitrogen and oxygen atoms in total. The van der Waals surface area contributed by atoms with Crippen molar-refractivity contribution in [3.8, 4) is 5.75 Å². The maximum atomic E-state index is 12.3. The molecule has 1 atom stereocenters. The van der Waals surface area contributed by atoms with E-state index in [1.807, 2.05) is 6.26 Å². The Morgan fingerprint density at radius 1 is 1.44 bits per heavy atom. The molecule has 0 bridgehead atoms. The number of hydrogen-bond acceptors (Lipinski definition) is 5. The molecular formula is C13H13NO3S. The van der Waals surface area contributed by atoms with E-state index in [0.29, 0.717) is 22.0 Å². The lowest BCUT2D eigenvalue weighted by atomic mass is 9.91. The van der Waals surface area contributed by atoms with E-state index < -0.39 is 5.92 Å². The summed E-state index contributed by atoms with van der Waals surface area (Å²) in [5.41, 5.74) is 1.05. The highest BCUT2D eigenvalue weighted by molar-refractivity contribution is 8.13. The van der Waals surface area contributed by atoms with Gasteiger partial charge in [0.15, 0.2) is 5.78 Å². The van der Waals surface area contributed by atoms with Gasteiger partial charge in [0, 0.05) is 5.56 Å². The van der Waals surface area contributed by atoms with Crippen molar-refractivity contribution in [2.75, 3.05) is 13.4 Å². The summed E-state index contributed by atoms with van der Waals surface area (Å²) in [6, 6.07) is 5.12. The van der Waals surface area contributed by atoms with E-state index in [1.54, 1.807) is 18.2 Å². The number of aliphatic imine (C=N–C) groups is 1. The first-order valence-corrected chi connectivity index (χ1v) is 6.66. The molecule has 1 heterocycles. The smallest absolute Gasteiger partial charge is 0.182 e. The predicted molar refractivity (Wildman–Crippen MR) is 72.1 cm³/mol. The van der Waals surface area contributed by atoms with Gasteiger partial charge in [-0.2, -0.15) is 0 Å². The number of methoxy groups -OCH3 is 1. The Hall–Kier alpha value is -1.62. The fourth-order valence-electron chi connectivity index (χ4n) is 1.91. The van der Waals surface area contributed by atoms with E-state index in [9.17, 15) is 9.59 Å². The maximum Gasteiger partial charge on any atom is 0.182 e. The number of hydrogen-bond donors (Lipinski definition) is 0. The third kappa shape index (κ3) is 2.06. The number of carbonyl (C=O) groups excluding carboxylic acids is 2. The third-order valence-electron chi connectivity index (χ3n) is 2.82. The number of nitrogens with zero attached hydrogens (tertiary/aromatic N) is 1. The molecule has 1 aromatic carbocycles.